The zero-order valence-corrected chi connectivity index (χ0v) is 7.01. The van der Waals surface area contributed by atoms with E-state index in [4.69, 9.17) is 11.0 Å². The van der Waals surface area contributed by atoms with Gasteiger partial charge in [-0.1, -0.05) is 0 Å². The van der Waals surface area contributed by atoms with Gasteiger partial charge in [-0.25, -0.2) is 0 Å². The number of hydrogen-bond donors (Lipinski definition) is 1. The molecule has 1 heterocycles. The lowest BCUT2D eigenvalue weighted by Gasteiger charge is -2.02. The highest BCUT2D eigenvalue weighted by atomic mass is 19.4. The Morgan fingerprint density at radius 3 is 2.64 bits per heavy atom. The normalized spacial score (nSPS) is 13.6. The summed E-state index contributed by atoms with van der Waals surface area (Å²) in [6.45, 7) is 0. The van der Waals surface area contributed by atoms with Crippen LogP contribution in [0.3, 0.4) is 0 Å². The Morgan fingerprint density at radius 2 is 2.21 bits per heavy atom. The Hall–Kier alpha value is -1.48. The van der Waals surface area contributed by atoms with Gasteiger partial charge in [-0.15, -0.1) is 0 Å². The summed E-state index contributed by atoms with van der Waals surface area (Å²) in [6.07, 6.45) is -3.63. The van der Waals surface area contributed by atoms with Crippen LogP contribution in [-0.4, -0.2) is 0 Å². The van der Waals surface area contributed by atoms with Crippen molar-refractivity contribution in [2.24, 2.45) is 5.73 Å². The van der Waals surface area contributed by atoms with Gasteiger partial charge in [0, 0.05) is 11.6 Å². The van der Waals surface area contributed by atoms with Crippen LogP contribution in [0.15, 0.2) is 16.7 Å². The average molecular weight is 204 g/mol. The van der Waals surface area contributed by atoms with Gasteiger partial charge in [0.2, 0.25) is 5.76 Å². The third kappa shape index (κ3) is 2.26. The van der Waals surface area contributed by atoms with Crippen molar-refractivity contribution in [1.29, 1.82) is 5.26 Å². The molecule has 3 nitrogen and oxygen atoms in total. The highest BCUT2D eigenvalue weighted by Crippen LogP contribution is 2.32. The first-order valence-electron chi connectivity index (χ1n) is 3.73. The highest BCUT2D eigenvalue weighted by Gasteiger charge is 2.35. The van der Waals surface area contributed by atoms with E-state index in [1.807, 2.05) is 0 Å². The first kappa shape index (κ1) is 10.6. The lowest BCUT2D eigenvalue weighted by Crippen LogP contribution is -2.08. The fourth-order valence-corrected chi connectivity index (χ4v) is 0.910. The monoisotopic (exact) mass is 204 g/mol. The molecule has 0 amide bonds. The van der Waals surface area contributed by atoms with Crippen LogP contribution in [0.4, 0.5) is 13.2 Å². The van der Waals surface area contributed by atoms with Gasteiger partial charge in [-0.2, -0.15) is 18.4 Å². The topological polar surface area (TPSA) is 63.0 Å². The van der Waals surface area contributed by atoms with Crippen molar-refractivity contribution in [3.8, 4) is 6.07 Å². The number of furan rings is 1. The molecular formula is C8H7F3N2O. The molecule has 0 aliphatic rings. The van der Waals surface area contributed by atoms with E-state index in [1.54, 1.807) is 6.07 Å². The summed E-state index contributed by atoms with van der Waals surface area (Å²) < 4.78 is 40.4. The van der Waals surface area contributed by atoms with Crippen molar-refractivity contribution >= 4 is 0 Å². The van der Waals surface area contributed by atoms with Gasteiger partial charge >= 0.3 is 6.18 Å². The SMILES string of the molecule is N#CC[C@@H](N)c1coc(C(F)(F)F)c1. The van der Waals surface area contributed by atoms with Gasteiger partial charge < -0.3 is 10.2 Å². The van der Waals surface area contributed by atoms with Crippen LogP contribution in [0.1, 0.15) is 23.8 Å². The van der Waals surface area contributed by atoms with Crippen molar-refractivity contribution < 1.29 is 17.6 Å². The van der Waals surface area contributed by atoms with Gasteiger partial charge in [0.15, 0.2) is 0 Å². The molecule has 1 atom stereocenters. The van der Waals surface area contributed by atoms with Gasteiger partial charge in [0.25, 0.3) is 0 Å². The summed E-state index contributed by atoms with van der Waals surface area (Å²) in [5, 5.41) is 8.28. The molecule has 0 aliphatic carbocycles. The fraction of sp³-hybridized carbons (Fsp3) is 0.375. The molecule has 0 radical (unpaired) electrons. The standard InChI is InChI=1S/C8H7F3N2O/c9-8(10,11)7-3-5(4-14-7)6(13)1-2-12/h3-4,6H,1,13H2/t6-/m1/s1. The van der Waals surface area contributed by atoms with Gasteiger partial charge in [-0.3, -0.25) is 0 Å². The van der Waals surface area contributed by atoms with E-state index in [-0.39, 0.29) is 12.0 Å². The van der Waals surface area contributed by atoms with Crippen LogP contribution in [-0.2, 0) is 6.18 Å². The summed E-state index contributed by atoms with van der Waals surface area (Å²) in [4.78, 5) is 0. The molecule has 2 N–H and O–H groups in total. The molecule has 0 bridgehead atoms. The fourth-order valence-electron chi connectivity index (χ4n) is 0.910. The van der Waals surface area contributed by atoms with E-state index >= 15 is 0 Å². The van der Waals surface area contributed by atoms with Crippen LogP contribution in [0, 0.1) is 11.3 Å². The van der Waals surface area contributed by atoms with E-state index in [9.17, 15) is 13.2 Å². The summed E-state index contributed by atoms with van der Waals surface area (Å²) >= 11 is 0. The van der Waals surface area contributed by atoms with Crippen molar-refractivity contribution in [3.05, 3.63) is 23.7 Å². The third-order valence-corrected chi connectivity index (χ3v) is 1.64. The van der Waals surface area contributed by atoms with E-state index in [2.05, 4.69) is 4.42 Å². The van der Waals surface area contributed by atoms with E-state index in [1.165, 1.54) is 0 Å². The van der Waals surface area contributed by atoms with Crippen molar-refractivity contribution in [1.82, 2.24) is 0 Å². The largest absolute Gasteiger partial charge is 0.459 e. The molecule has 6 heteroatoms. The molecule has 14 heavy (non-hydrogen) atoms. The van der Waals surface area contributed by atoms with Gasteiger partial charge in [-0.05, 0) is 6.07 Å². The molecule has 1 aromatic heterocycles. The zero-order chi connectivity index (χ0) is 10.8. The summed E-state index contributed by atoms with van der Waals surface area (Å²) in [5.41, 5.74) is 5.59. The summed E-state index contributed by atoms with van der Waals surface area (Å²) in [5.74, 6) is -1.10. The van der Waals surface area contributed by atoms with Crippen LogP contribution < -0.4 is 5.73 Å². The predicted molar refractivity (Wildman–Crippen MR) is 40.9 cm³/mol. The van der Waals surface area contributed by atoms with E-state index in [0.717, 1.165) is 12.3 Å². The zero-order valence-electron chi connectivity index (χ0n) is 7.01. The molecule has 0 spiro atoms. The molecule has 0 saturated carbocycles. The van der Waals surface area contributed by atoms with Gasteiger partial charge in [0.05, 0.1) is 18.8 Å². The van der Waals surface area contributed by atoms with Crippen molar-refractivity contribution in [3.63, 3.8) is 0 Å². The maximum atomic E-state index is 12.1. The minimum Gasteiger partial charge on any atom is -0.459 e. The van der Waals surface area contributed by atoms with Crippen LogP contribution in [0.25, 0.3) is 0 Å². The second-order valence-corrected chi connectivity index (χ2v) is 2.71. The molecule has 0 unspecified atom stereocenters. The number of nitrogens with two attached hydrogens (primary N) is 1. The van der Waals surface area contributed by atoms with Crippen molar-refractivity contribution in [2.75, 3.05) is 0 Å². The van der Waals surface area contributed by atoms with E-state index in [0.29, 0.717) is 0 Å². The number of alkyl halides is 3. The Morgan fingerprint density at radius 1 is 1.57 bits per heavy atom. The smallest absolute Gasteiger partial charge is 0.449 e. The number of rotatable bonds is 2. The molecule has 76 valence electrons. The highest BCUT2D eigenvalue weighted by molar-refractivity contribution is 5.19. The molecule has 0 saturated heterocycles. The van der Waals surface area contributed by atoms with Crippen LogP contribution in [0.5, 0.6) is 0 Å². The summed E-state index contributed by atoms with van der Waals surface area (Å²) in [7, 11) is 0. The molecule has 0 fully saturated rings. The predicted octanol–water partition coefficient (Wildman–Crippen LogP) is 2.21. The van der Waals surface area contributed by atoms with E-state index < -0.39 is 18.0 Å². The lowest BCUT2D eigenvalue weighted by molar-refractivity contribution is -0.153. The molecular weight excluding hydrogens is 197 g/mol. The summed E-state index contributed by atoms with van der Waals surface area (Å²) in [6, 6.07) is 1.84. The Kier molecular flexibility index (Phi) is 2.81. The van der Waals surface area contributed by atoms with Crippen molar-refractivity contribution in [2.45, 2.75) is 18.6 Å². The molecule has 0 aliphatic heterocycles. The minimum absolute atomic E-state index is 0.0448. The minimum atomic E-state index is -4.51. The second-order valence-electron chi connectivity index (χ2n) is 2.71. The lowest BCUT2D eigenvalue weighted by atomic mass is 10.1. The first-order valence-corrected chi connectivity index (χ1v) is 3.73. The molecule has 0 aromatic carbocycles. The Bertz CT molecular complexity index is 350. The Balaban J connectivity index is 2.84. The maximum Gasteiger partial charge on any atom is 0.449 e. The number of nitrogens with zero attached hydrogens (tertiary/aromatic N) is 1. The quantitative estimate of drug-likeness (QED) is 0.803. The number of nitriles is 1. The van der Waals surface area contributed by atoms with Gasteiger partial charge in [0.1, 0.15) is 0 Å². The average Bonchev–Trinajstić information content (AvgIpc) is 2.51. The maximum absolute atomic E-state index is 12.1. The van der Waals surface area contributed by atoms with Crippen LogP contribution in [0.2, 0.25) is 0 Å². The number of halogens is 3. The van der Waals surface area contributed by atoms with Crippen LogP contribution >= 0.6 is 0 Å². The number of hydrogen-bond acceptors (Lipinski definition) is 3. The molecule has 1 aromatic rings. The Labute approximate surface area is 77.9 Å². The molecule has 1 rings (SSSR count). The first-order chi connectivity index (χ1) is 6.45. The third-order valence-electron chi connectivity index (χ3n) is 1.64. The second kappa shape index (κ2) is 3.72.